The zero-order valence-electron chi connectivity index (χ0n) is 20.8. The van der Waals surface area contributed by atoms with E-state index in [0.717, 1.165) is 30.0 Å². The predicted octanol–water partition coefficient (Wildman–Crippen LogP) is 4.12. The van der Waals surface area contributed by atoms with Gasteiger partial charge in [0.1, 0.15) is 12.4 Å². The molecule has 188 valence electrons. The van der Waals surface area contributed by atoms with Gasteiger partial charge in [-0.3, -0.25) is 9.59 Å². The molecular formula is C28H32FN5O2. The van der Waals surface area contributed by atoms with Crippen molar-refractivity contribution in [2.24, 2.45) is 5.92 Å². The molecule has 0 unspecified atom stereocenters. The van der Waals surface area contributed by atoms with Gasteiger partial charge in [0.25, 0.3) is 5.91 Å². The van der Waals surface area contributed by atoms with Gasteiger partial charge in [-0.1, -0.05) is 44.2 Å². The summed E-state index contributed by atoms with van der Waals surface area (Å²) in [7, 11) is 0. The molecule has 1 aromatic heterocycles. The molecule has 2 aromatic carbocycles. The fourth-order valence-corrected chi connectivity index (χ4v) is 4.35. The minimum Gasteiger partial charge on any atom is -0.353 e. The van der Waals surface area contributed by atoms with E-state index in [1.807, 2.05) is 61.2 Å². The van der Waals surface area contributed by atoms with E-state index in [1.54, 1.807) is 4.90 Å². The Hall–Kier alpha value is -3.81. The first-order valence-corrected chi connectivity index (χ1v) is 12.4. The van der Waals surface area contributed by atoms with Crippen molar-refractivity contribution in [3.05, 3.63) is 78.1 Å². The Morgan fingerprint density at radius 3 is 2.33 bits per heavy atom. The third kappa shape index (κ3) is 6.44. The molecule has 0 bridgehead atoms. The van der Waals surface area contributed by atoms with E-state index >= 15 is 0 Å². The van der Waals surface area contributed by atoms with Crippen LogP contribution < -0.4 is 4.90 Å². The van der Waals surface area contributed by atoms with Crippen LogP contribution in [0.1, 0.15) is 30.6 Å². The van der Waals surface area contributed by atoms with Crippen LogP contribution in [0.4, 0.5) is 10.2 Å². The minimum atomic E-state index is -0.397. The Morgan fingerprint density at radius 2 is 1.67 bits per heavy atom. The number of nitrogens with zero attached hydrogens (tertiary/aromatic N) is 5. The lowest BCUT2D eigenvalue weighted by molar-refractivity contribution is -0.131. The van der Waals surface area contributed by atoms with Gasteiger partial charge in [0.05, 0.1) is 5.69 Å². The number of benzene rings is 2. The van der Waals surface area contributed by atoms with Crippen LogP contribution in [0, 0.1) is 11.7 Å². The summed E-state index contributed by atoms with van der Waals surface area (Å²) in [5, 5.41) is 8.82. The molecule has 1 fully saturated rings. The first-order chi connectivity index (χ1) is 17.4. The highest BCUT2D eigenvalue weighted by Crippen LogP contribution is 2.19. The first-order valence-electron chi connectivity index (χ1n) is 12.4. The lowest BCUT2D eigenvalue weighted by Gasteiger charge is -2.28. The third-order valence-corrected chi connectivity index (χ3v) is 6.18. The third-order valence-electron chi connectivity index (χ3n) is 6.18. The minimum absolute atomic E-state index is 0.0000318. The maximum absolute atomic E-state index is 13.3. The molecule has 7 nitrogen and oxygen atoms in total. The van der Waals surface area contributed by atoms with Crippen molar-refractivity contribution in [1.29, 1.82) is 0 Å². The van der Waals surface area contributed by atoms with E-state index in [2.05, 4.69) is 15.1 Å². The van der Waals surface area contributed by atoms with Gasteiger partial charge in [-0.25, -0.2) is 4.39 Å². The molecule has 3 aromatic rings. The summed E-state index contributed by atoms with van der Waals surface area (Å²) < 4.78 is 13.3. The predicted molar refractivity (Wildman–Crippen MR) is 138 cm³/mol. The fourth-order valence-electron chi connectivity index (χ4n) is 4.35. The SMILES string of the molecule is CC(C)CN(CC(=O)N1CCCN(c2ccc(-c3ccccc3)nn2)CC1)C(=O)c1ccc(F)cc1. The molecule has 1 saturated heterocycles. The molecular weight excluding hydrogens is 457 g/mol. The van der Waals surface area contributed by atoms with Crippen LogP contribution in [0.25, 0.3) is 11.3 Å². The number of rotatable bonds is 7. The maximum atomic E-state index is 13.3. The number of amides is 2. The first kappa shape index (κ1) is 25.3. The van der Waals surface area contributed by atoms with Crippen molar-refractivity contribution in [3.8, 4) is 11.3 Å². The molecule has 0 atom stereocenters. The van der Waals surface area contributed by atoms with Crippen LogP contribution in [0.2, 0.25) is 0 Å². The van der Waals surface area contributed by atoms with Gasteiger partial charge in [0.2, 0.25) is 5.91 Å². The second kappa shape index (κ2) is 11.7. The molecule has 0 aliphatic carbocycles. The summed E-state index contributed by atoms with van der Waals surface area (Å²) in [6, 6.07) is 19.3. The summed E-state index contributed by atoms with van der Waals surface area (Å²) >= 11 is 0. The summed E-state index contributed by atoms with van der Waals surface area (Å²) in [4.78, 5) is 31.8. The monoisotopic (exact) mass is 489 g/mol. The average Bonchev–Trinajstić information content (AvgIpc) is 3.15. The average molecular weight is 490 g/mol. The van der Waals surface area contributed by atoms with Gasteiger partial charge < -0.3 is 14.7 Å². The largest absolute Gasteiger partial charge is 0.353 e. The number of carbonyl (C=O) groups is 2. The highest BCUT2D eigenvalue weighted by atomic mass is 19.1. The van der Waals surface area contributed by atoms with Crippen molar-refractivity contribution >= 4 is 17.6 Å². The van der Waals surface area contributed by atoms with Gasteiger partial charge >= 0.3 is 0 Å². The number of carbonyl (C=O) groups excluding carboxylic acids is 2. The Labute approximate surface area is 211 Å². The molecule has 2 heterocycles. The van der Waals surface area contributed by atoms with Crippen LogP contribution >= 0.6 is 0 Å². The number of halogens is 1. The number of anilines is 1. The molecule has 1 aliphatic rings. The molecule has 0 saturated carbocycles. The molecule has 0 N–H and O–H groups in total. The van der Waals surface area contributed by atoms with Crippen LogP contribution in [0.5, 0.6) is 0 Å². The second-order valence-corrected chi connectivity index (χ2v) is 9.45. The van der Waals surface area contributed by atoms with Crippen molar-refractivity contribution < 1.29 is 14.0 Å². The van der Waals surface area contributed by atoms with Crippen molar-refractivity contribution in [3.63, 3.8) is 0 Å². The molecule has 0 spiro atoms. The molecule has 4 rings (SSSR count). The lowest BCUT2D eigenvalue weighted by atomic mass is 10.1. The van der Waals surface area contributed by atoms with E-state index in [4.69, 9.17) is 0 Å². The second-order valence-electron chi connectivity index (χ2n) is 9.45. The number of aromatic nitrogens is 2. The normalized spacial score (nSPS) is 14.0. The van der Waals surface area contributed by atoms with E-state index < -0.39 is 5.82 Å². The quantitative estimate of drug-likeness (QED) is 0.499. The zero-order chi connectivity index (χ0) is 25.5. The van der Waals surface area contributed by atoms with Crippen LogP contribution in [0.3, 0.4) is 0 Å². The zero-order valence-corrected chi connectivity index (χ0v) is 20.8. The van der Waals surface area contributed by atoms with Crippen molar-refractivity contribution in [2.45, 2.75) is 20.3 Å². The van der Waals surface area contributed by atoms with Gasteiger partial charge in [-0.2, -0.15) is 0 Å². The van der Waals surface area contributed by atoms with Crippen LogP contribution in [0.15, 0.2) is 66.7 Å². The molecule has 0 radical (unpaired) electrons. The highest BCUT2D eigenvalue weighted by molar-refractivity contribution is 5.96. The van der Waals surface area contributed by atoms with Gasteiger partial charge in [-0.05, 0) is 48.7 Å². The van der Waals surface area contributed by atoms with Crippen molar-refractivity contribution in [2.75, 3.05) is 44.2 Å². The van der Waals surface area contributed by atoms with Gasteiger partial charge in [0, 0.05) is 43.9 Å². The Bertz CT molecular complexity index is 1150. The Kier molecular flexibility index (Phi) is 8.25. The molecule has 2 amide bonds. The van der Waals surface area contributed by atoms with Crippen molar-refractivity contribution in [1.82, 2.24) is 20.0 Å². The summed E-state index contributed by atoms with van der Waals surface area (Å²) in [6.07, 6.45) is 0.796. The number of hydrogen-bond acceptors (Lipinski definition) is 5. The van der Waals surface area contributed by atoms with E-state index in [1.165, 1.54) is 24.3 Å². The molecule has 1 aliphatic heterocycles. The van der Waals surface area contributed by atoms with E-state index in [-0.39, 0.29) is 24.3 Å². The van der Waals surface area contributed by atoms with Gasteiger partial charge in [-0.15, -0.1) is 10.2 Å². The Balaban J connectivity index is 1.38. The summed E-state index contributed by atoms with van der Waals surface area (Å²) in [5.41, 5.74) is 2.22. The number of hydrogen-bond donors (Lipinski definition) is 0. The Morgan fingerprint density at radius 1 is 0.917 bits per heavy atom. The van der Waals surface area contributed by atoms with Crippen LogP contribution in [-0.2, 0) is 4.79 Å². The van der Waals surface area contributed by atoms with Gasteiger partial charge in [0.15, 0.2) is 5.82 Å². The smallest absolute Gasteiger partial charge is 0.254 e. The maximum Gasteiger partial charge on any atom is 0.254 e. The standard InChI is InChI=1S/C28H32FN5O2/c1-21(2)19-34(28(36)23-9-11-24(29)12-10-23)20-27(35)33-16-6-15-32(17-18-33)26-14-13-25(30-31-26)22-7-4-3-5-8-22/h3-5,7-14,21H,6,15-20H2,1-2H3. The topological polar surface area (TPSA) is 69.6 Å². The summed E-state index contributed by atoms with van der Waals surface area (Å²) in [6.45, 7) is 7.03. The molecule has 8 heteroatoms. The van der Waals surface area contributed by atoms with E-state index in [0.29, 0.717) is 31.7 Å². The van der Waals surface area contributed by atoms with Crippen LogP contribution in [-0.4, -0.2) is 71.1 Å². The lowest BCUT2D eigenvalue weighted by Crippen LogP contribution is -2.45. The highest BCUT2D eigenvalue weighted by Gasteiger charge is 2.25. The molecule has 36 heavy (non-hydrogen) atoms. The summed E-state index contributed by atoms with van der Waals surface area (Å²) in [5.74, 6) is 0.239. The fraction of sp³-hybridized carbons (Fsp3) is 0.357. The van der Waals surface area contributed by atoms with E-state index in [9.17, 15) is 14.0 Å².